The predicted octanol–water partition coefficient (Wildman–Crippen LogP) is 0.982. The lowest BCUT2D eigenvalue weighted by Gasteiger charge is -2.35. The van der Waals surface area contributed by atoms with E-state index in [1.54, 1.807) is 0 Å². The maximum Gasteiger partial charge on any atom is 0.224 e. The van der Waals surface area contributed by atoms with Crippen LogP contribution < -0.4 is 10.2 Å². The van der Waals surface area contributed by atoms with Crippen molar-refractivity contribution in [3.8, 4) is 0 Å². The van der Waals surface area contributed by atoms with Gasteiger partial charge >= 0.3 is 0 Å². The van der Waals surface area contributed by atoms with Crippen LogP contribution in [0.2, 0.25) is 0 Å². The normalized spacial score (nSPS) is 16.5. The number of hydrogen-bond acceptors (Lipinski definition) is 6. The van der Waals surface area contributed by atoms with Crippen LogP contribution in [0.15, 0.2) is 12.3 Å². The zero-order valence-corrected chi connectivity index (χ0v) is 13.5. The molecule has 1 aromatic heterocycles. The van der Waals surface area contributed by atoms with Gasteiger partial charge in [-0.3, -0.25) is 4.90 Å². The summed E-state index contributed by atoms with van der Waals surface area (Å²) >= 11 is 0. The van der Waals surface area contributed by atoms with E-state index in [1.807, 2.05) is 12.3 Å². The van der Waals surface area contributed by atoms with Crippen LogP contribution in [-0.4, -0.2) is 79.7 Å². The first-order chi connectivity index (χ1) is 10.2. The zero-order chi connectivity index (χ0) is 15.1. The topological polar surface area (TPSA) is 47.5 Å². The van der Waals surface area contributed by atoms with E-state index >= 15 is 0 Å². The highest BCUT2D eigenvalue weighted by atomic mass is 15.3. The van der Waals surface area contributed by atoms with E-state index in [-0.39, 0.29) is 0 Å². The van der Waals surface area contributed by atoms with E-state index in [0.717, 1.165) is 64.0 Å². The van der Waals surface area contributed by atoms with Crippen LogP contribution in [0.25, 0.3) is 0 Å². The Morgan fingerprint density at radius 1 is 1.24 bits per heavy atom. The fourth-order valence-electron chi connectivity index (χ4n) is 2.39. The number of rotatable bonds is 7. The molecule has 1 N–H and O–H groups in total. The van der Waals surface area contributed by atoms with Crippen molar-refractivity contribution in [2.24, 2.45) is 0 Å². The van der Waals surface area contributed by atoms with Crippen molar-refractivity contribution in [2.75, 3.05) is 70.1 Å². The molecule has 6 nitrogen and oxygen atoms in total. The lowest BCUT2D eigenvalue weighted by Crippen LogP contribution is -2.48. The summed E-state index contributed by atoms with van der Waals surface area (Å²) in [6.45, 7) is 9.62. The second-order valence-corrected chi connectivity index (χ2v) is 5.80. The van der Waals surface area contributed by atoms with Gasteiger partial charge in [0, 0.05) is 52.0 Å². The number of anilines is 2. The van der Waals surface area contributed by atoms with Crippen molar-refractivity contribution in [3.63, 3.8) is 0 Å². The lowest BCUT2D eigenvalue weighted by molar-refractivity contribution is 0.229. The first-order valence-electron chi connectivity index (χ1n) is 7.88. The van der Waals surface area contributed by atoms with Gasteiger partial charge in [-0.05, 0) is 26.6 Å². The van der Waals surface area contributed by atoms with Gasteiger partial charge in [-0.15, -0.1) is 0 Å². The summed E-state index contributed by atoms with van der Waals surface area (Å²) in [5.41, 5.74) is 0. The summed E-state index contributed by atoms with van der Waals surface area (Å²) in [6.07, 6.45) is 2.93. The number of nitrogens with zero attached hydrogens (tertiary/aromatic N) is 5. The van der Waals surface area contributed by atoms with Gasteiger partial charge in [0.25, 0.3) is 0 Å². The van der Waals surface area contributed by atoms with Gasteiger partial charge in [-0.1, -0.05) is 6.92 Å². The molecule has 2 rings (SSSR count). The molecule has 1 fully saturated rings. The summed E-state index contributed by atoms with van der Waals surface area (Å²) in [5.74, 6) is 1.78. The second kappa shape index (κ2) is 8.14. The highest BCUT2D eigenvalue weighted by Crippen LogP contribution is 2.14. The minimum atomic E-state index is 0.740. The maximum absolute atomic E-state index is 4.61. The Morgan fingerprint density at radius 3 is 2.67 bits per heavy atom. The van der Waals surface area contributed by atoms with E-state index in [1.165, 1.54) is 0 Å². The molecule has 1 saturated heterocycles. The van der Waals surface area contributed by atoms with Crippen LogP contribution in [-0.2, 0) is 0 Å². The summed E-state index contributed by atoms with van der Waals surface area (Å²) < 4.78 is 0. The van der Waals surface area contributed by atoms with Crippen LogP contribution in [0.4, 0.5) is 11.8 Å². The SMILES string of the molecule is CCCNc1nccc(N2CCN(CCN(C)C)CC2)n1. The van der Waals surface area contributed by atoms with Crippen molar-refractivity contribution < 1.29 is 0 Å². The third-order valence-corrected chi connectivity index (χ3v) is 3.73. The third-order valence-electron chi connectivity index (χ3n) is 3.73. The van der Waals surface area contributed by atoms with Gasteiger partial charge in [-0.2, -0.15) is 4.98 Å². The van der Waals surface area contributed by atoms with Gasteiger partial charge in [0.1, 0.15) is 5.82 Å². The molecule has 1 aliphatic rings. The average molecular weight is 292 g/mol. The summed E-state index contributed by atoms with van der Waals surface area (Å²) in [4.78, 5) is 16.0. The summed E-state index contributed by atoms with van der Waals surface area (Å²) in [7, 11) is 4.25. The maximum atomic E-state index is 4.61. The fourth-order valence-corrected chi connectivity index (χ4v) is 2.39. The largest absolute Gasteiger partial charge is 0.354 e. The average Bonchev–Trinajstić information content (AvgIpc) is 2.51. The predicted molar refractivity (Wildman–Crippen MR) is 88.0 cm³/mol. The Morgan fingerprint density at radius 2 is 2.00 bits per heavy atom. The molecular weight excluding hydrogens is 264 g/mol. The molecule has 1 aliphatic heterocycles. The molecule has 0 atom stereocenters. The number of likely N-dealkylation sites (N-methyl/N-ethyl adjacent to an activating group) is 1. The van der Waals surface area contributed by atoms with E-state index in [2.05, 4.69) is 51.0 Å². The van der Waals surface area contributed by atoms with Crippen LogP contribution in [0.1, 0.15) is 13.3 Å². The van der Waals surface area contributed by atoms with Gasteiger partial charge < -0.3 is 15.1 Å². The second-order valence-electron chi connectivity index (χ2n) is 5.80. The zero-order valence-electron chi connectivity index (χ0n) is 13.5. The highest BCUT2D eigenvalue weighted by Gasteiger charge is 2.18. The molecule has 118 valence electrons. The number of piperazine rings is 1. The Kier molecular flexibility index (Phi) is 6.20. The molecule has 0 saturated carbocycles. The van der Waals surface area contributed by atoms with Crippen molar-refractivity contribution in [1.29, 1.82) is 0 Å². The van der Waals surface area contributed by atoms with E-state index in [0.29, 0.717) is 0 Å². The van der Waals surface area contributed by atoms with Crippen LogP contribution in [0.5, 0.6) is 0 Å². The van der Waals surface area contributed by atoms with Crippen molar-refractivity contribution in [2.45, 2.75) is 13.3 Å². The van der Waals surface area contributed by atoms with E-state index < -0.39 is 0 Å². The number of hydrogen-bond donors (Lipinski definition) is 1. The summed E-state index contributed by atoms with van der Waals surface area (Å²) in [5, 5.41) is 3.25. The Bertz CT molecular complexity index is 414. The molecule has 0 unspecified atom stereocenters. The molecule has 6 heteroatoms. The minimum absolute atomic E-state index is 0.740. The molecule has 0 amide bonds. The molecule has 2 heterocycles. The van der Waals surface area contributed by atoms with E-state index in [4.69, 9.17) is 0 Å². The standard InChI is InChI=1S/C15H28N6/c1-4-6-16-15-17-7-5-14(18-15)21-12-10-20(11-13-21)9-8-19(2)3/h5,7H,4,6,8-13H2,1-3H3,(H,16,17,18). The molecule has 0 aromatic carbocycles. The molecule has 1 aromatic rings. The molecule has 0 radical (unpaired) electrons. The summed E-state index contributed by atoms with van der Waals surface area (Å²) in [6, 6.07) is 2.01. The fraction of sp³-hybridized carbons (Fsp3) is 0.733. The smallest absolute Gasteiger partial charge is 0.224 e. The first kappa shape index (κ1) is 16.0. The van der Waals surface area contributed by atoms with Crippen molar-refractivity contribution in [1.82, 2.24) is 19.8 Å². The Labute approximate surface area is 128 Å². The van der Waals surface area contributed by atoms with Crippen molar-refractivity contribution in [3.05, 3.63) is 12.3 Å². The van der Waals surface area contributed by atoms with Crippen LogP contribution >= 0.6 is 0 Å². The Balaban J connectivity index is 1.84. The molecule has 0 aliphatic carbocycles. The van der Waals surface area contributed by atoms with E-state index in [9.17, 15) is 0 Å². The third kappa shape index (κ3) is 5.13. The quantitative estimate of drug-likeness (QED) is 0.808. The van der Waals surface area contributed by atoms with Gasteiger partial charge in [0.15, 0.2) is 0 Å². The van der Waals surface area contributed by atoms with Gasteiger partial charge in [0.05, 0.1) is 0 Å². The lowest BCUT2D eigenvalue weighted by atomic mass is 10.3. The first-order valence-corrected chi connectivity index (χ1v) is 7.88. The minimum Gasteiger partial charge on any atom is -0.354 e. The van der Waals surface area contributed by atoms with Crippen molar-refractivity contribution >= 4 is 11.8 Å². The monoisotopic (exact) mass is 292 g/mol. The van der Waals surface area contributed by atoms with Crippen LogP contribution in [0, 0.1) is 0 Å². The molecule has 21 heavy (non-hydrogen) atoms. The molecular formula is C15H28N6. The Hall–Kier alpha value is -1.40. The van der Waals surface area contributed by atoms with Crippen LogP contribution in [0.3, 0.4) is 0 Å². The molecule has 0 bridgehead atoms. The number of aromatic nitrogens is 2. The van der Waals surface area contributed by atoms with Gasteiger partial charge in [-0.25, -0.2) is 4.98 Å². The van der Waals surface area contributed by atoms with Gasteiger partial charge in [0.2, 0.25) is 5.95 Å². The number of nitrogens with one attached hydrogen (secondary N) is 1. The highest BCUT2D eigenvalue weighted by molar-refractivity contribution is 5.42. The molecule has 0 spiro atoms.